The third kappa shape index (κ3) is 2.56. The van der Waals surface area contributed by atoms with Crippen molar-refractivity contribution in [2.75, 3.05) is 5.32 Å². The van der Waals surface area contributed by atoms with Crippen LogP contribution in [0.1, 0.15) is 11.3 Å². The summed E-state index contributed by atoms with van der Waals surface area (Å²) in [4.78, 5) is 0. The summed E-state index contributed by atoms with van der Waals surface area (Å²) in [5.41, 5.74) is 2.65. The Kier molecular flexibility index (Phi) is 2.67. The van der Waals surface area contributed by atoms with Gasteiger partial charge in [-0.1, -0.05) is 0 Å². The van der Waals surface area contributed by atoms with Gasteiger partial charge >= 0.3 is 0 Å². The largest absolute Gasteiger partial charge is 0.379 e. The van der Waals surface area contributed by atoms with Gasteiger partial charge in [-0.15, -0.1) is 0 Å². The Morgan fingerprint density at radius 3 is 2.93 bits per heavy atom. The molecule has 0 amide bonds. The molecule has 1 aromatic heterocycles. The van der Waals surface area contributed by atoms with E-state index in [9.17, 15) is 4.39 Å². The number of nitrogens with zero attached hydrogens (tertiary/aromatic N) is 1. The molecule has 0 atom stereocenters. The highest BCUT2D eigenvalue weighted by atomic mass is 19.1. The first kappa shape index (κ1) is 9.71. The van der Waals surface area contributed by atoms with Crippen LogP contribution in [0, 0.1) is 12.7 Å². The average Bonchev–Trinajstić information content (AvgIpc) is 2.65. The second-order valence-electron chi connectivity index (χ2n) is 3.45. The fraction of sp³-hybridized carbons (Fsp3) is 0.182. The molecule has 2 N–H and O–H groups in total. The molecule has 3 nitrogen and oxygen atoms in total. The number of anilines is 1. The number of halogens is 1. The number of benzene rings is 1. The maximum Gasteiger partial charge on any atom is 0.125 e. The molecule has 0 aliphatic carbocycles. The van der Waals surface area contributed by atoms with E-state index in [1.165, 1.54) is 12.1 Å². The van der Waals surface area contributed by atoms with Crippen LogP contribution in [0.4, 0.5) is 10.1 Å². The van der Waals surface area contributed by atoms with E-state index < -0.39 is 0 Å². The average molecular weight is 205 g/mol. The molecule has 1 heterocycles. The molecule has 0 saturated carbocycles. The zero-order valence-corrected chi connectivity index (χ0v) is 8.42. The van der Waals surface area contributed by atoms with Gasteiger partial charge in [-0.3, -0.25) is 5.10 Å². The summed E-state index contributed by atoms with van der Waals surface area (Å²) in [7, 11) is 0. The number of aromatic nitrogens is 2. The molecule has 2 rings (SSSR count). The van der Waals surface area contributed by atoms with Crippen LogP contribution < -0.4 is 5.32 Å². The standard InChI is InChI=1S/C11H12FN3/c1-8-4-9(12)6-11(5-8)13-7-10-2-3-14-15-10/h2-6,13H,7H2,1H3,(H,14,15). The molecule has 2 aromatic rings. The number of H-pyrrole nitrogens is 1. The molecule has 15 heavy (non-hydrogen) atoms. The lowest BCUT2D eigenvalue weighted by atomic mass is 10.2. The highest BCUT2D eigenvalue weighted by Crippen LogP contribution is 2.13. The van der Waals surface area contributed by atoms with E-state index in [4.69, 9.17) is 0 Å². The van der Waals surface area contributed by atoms with Crippen LogP contribution >= 0.6 is 0 Å². The predicted molar refractivity (Wildman–Crippen MR) is 57.1 cm³/mol. The number of rotatable bonds is 3. The molecule has 0 saturated heterocycles. The number of hydrogen-bond donors (Lipinski definition) is 2. The quantitative estimate of drug-likeness (QED) is 0.808. The van der Waals surface area contributed by atoms with Crippen molar-refractivity contribution in [2.24, 2.45) is 0 Å². The zero-order valence-electron chi connectivity index (χ0n) is 8.42. The van der Waals surface area contributed by atoms with Crippen LogP contribution in [0.3, 0.4) is 0 Å². The monoisotopic (exact) mass is 205 g/mol. The normalized spacial score (nSPS) is 10.3. The molecule has 0 aliphatic rings. The Hall–Kier alpha value is -1.84. The van der Waals surface area contributed by atoms with Gasteiger partial charge in [-0.05, 0) is 36.8 Å². The summed E-state index contributed by atoms with van der Waals surface area (Å²) in [6.07, 6.45) is 1.69. The van der Waals surface area contributed by atoms with E-state index in [-0.39, 0.29) is 5.82 Å². The Morgan fingerprint density at radius 2 is 2.27 bits per heavy atom. The van der Waals surface area contributed by atoms with E-state index in [0.717, 1.165) is 16.9 Å². The molecule has 0 spiro atoms. The van der Waals surface area contributed by atoms with Crippen molar-refractivity contribution in [2.45, 2.75) is 13.5 Å². The summed E-state index contributed by atoms with van der Waals surface area (Å²) in [5.74, 6) is -0.220. The maximum atomic E-state index is 13.0. The number of aryl methyl sites for hydroxylation is 1. The molecular weight excluding hydrogens is 193 g/mol. The van der Waals surface area contributed by atoms with Crippen LogP contribution in [-0.2, 0) is 6.54 Å². The van der Waals surface area contributed by atoms with Gasteiger partial charge in [0.2, 0.25) is 0 Å². The third-order valence-corrected chi connectivity index (χ3v) is 2.08. The molecule has 0 unspecified atom stereocenters. The minimum Gasteiger partial charge on any atom is -0.379 e. The number of aromatic amines is 1. The first-order valence-electron chi connectivity index (χ1n) is 4.73. The van der Waals surface area contributed by atoms with Crippen molar-refractivity contribution in [1.29, 1.82) is 0 Å². The summed E-state index contributed by atoms with van der Waals surface area (Å²) in [5, 5.41) is 9.78. The van der Waals surface area contributed by atoms with Crippen molar-refractivity contribution in [1.82, 2.24) is 10.2 Å². The summed E-state index contributed by atoms with van der Waals surface area (Å²) in [6.45, 7) is 2.48. The van der Waals surface area contributed by atoms with Crippen LogP contribution in [0.25, 0.3) is 0 Å². The molecule has 1 aromatic carbocycles. The second-order valence-corrected chi connectivity index (χ2v) is 3.45. The minimum atomic E-state index is -0.220. The van der Waals surface area contributed by atoms with Gasteiger partial charge in [0.05, 0.1) is 12.2 Å². The van der Waals surface area contributed by atoms with Gasteiger partial charge in [0.15, 0.2) is 0 Å². The summed E-state index contributed by atoms with van der Waals surface area (Å²) in [6, 6.07) is 6.75. The van der Waals surface area contributed by atoms with Gasteiger partial charge in [-0.25, -0.2) is 4.39 Å². The van der Waals surface area contributed by atoms with Crippen LogP contribution in [-0.4, -0.2) is 10.2 Å². The highest BCUT2D eigenvalue weighted by Gasteiger charge is 1.98. The first-order chi connectivity index (χ1) is 7.24. The maximum absolute atomic E-state index is 13.0. The molecule has 0 fully saturated rings. The Balaban J connectivity index is 2.05. The van der Waals surface area contributed by atoms with Crippen LogP contribution in [0.15, 0.2) is 30.5 Å². The molecular formula is C11H12FN3. The van der Waals surface area contributed by atoms with Crippen molar-refractivity contribution in [3.63, 3.8) is 0 Å². The minimum absolute atomic E-state index is 0.220. The van der Waals surface area contributed by atoms with E-state index in [2.05, 4.69) is 15.5 Å². The summed E-state index contributed by atoms with van der Waals surface area (Å²) < 4.78 is 13.0. The fourth-order valence-corrected chi connectivity index (χ4v) is 1.42. The molecule has 78 valence electrons. The summed E-state index contributed by atoms with van der Waals surface area (Å²) >= 11 is 0. The van der Waals surface area contributed by atoms with Gasteiger partial charge in [-0.2, -0.15) is 5.10 Å². The lowest BCUT2D eigenvalue weighted by Crippen LogP contribution is -2.00. The Labute approximate surface area is 87.3 Å². The van der Waals surface area contributed by atoms with Crippen molar-refractivity contribution < 1.29 is 4.39 Å². The van der Waals surface area contributed by atoms with Gasteiger partial charge in [0.1, 0.15) is 5.82 Å². The van der Waals surface area contributed by atoms with E-state index in [0.29, 0.717) is 6.54 Å². The number of hydrogen-bond acceptors (Lipinski definition) is 2. The fourth-order valence-electron chi connectivity index (χ4n) is 1.42. The van der Waals surface area contributed by atoms with E-state index in [1.54, 1.807) is 6.20 Å². The van der Waals surface area contributed by atoms with E-state index in [1.807, 2.05) is 19.1 Å². The smallest absolute Gasteiger partial charge is 0.125 e. The zero-order chi connectivity index (χ0) is 10.7. The second kappa shape index (κ2) is 4.13. The topological polar surface area (TPSA) is 40.7 Å². The van der Waals surface area contributed by atoms with Crippen molar-refractivity contribution in [3.05, 3.63) is 47.5 Å². The van der Waals surface area contributed by atoms with E-state index >= 15 is 0 Å². The lowest BCUT2D eigenvalue weighted by Gasteiger charge is -2.05. The molecule has 4 heteroatoms. The number of nitrogens with one attached hydrogen (secondary N) is 2. The predicted octanol–water partition coefficient (Wildman–Crippen LogP) is 2.47. The Morgan fingerprint density at radius 1 is 1.40 bits per heavy atom. The SMILES string of the molecule is Cc1cc(F)cc(NCc2ccn[nH]2)c1. The van der Waals surface area contributed by atoms with Crippen LogP contribution in [0.5, 0.6) is 0 Å². The van der Waals surface area contributed by atoms with Crippen LogP contribution in [0.2, 0.25) is 0 Å². The molecule has 0 aliphatic heterocycles. The Bertz CT molecular complexity index is 417. The third-order valence-electron chi connectivity index (χ3n) is 2.08. The molecule has 0 bridgehead atoms. The molecule has 0 radical (unpaired) electrons. The van der Waals surface area contributed by atoms with Crippen molar-refractivity contribution >= 4 is 5.69 Å². The van der Waals surface area contributed by atoms with Gasteiger partial charge in [0, 0.05) is 11.9 Å². The first-order valence-corrected chi connectivity index (χ1v) is 4.73. The lowest BCUT2D eigenvalue weighted by molar-refractivity contribution is 0.627. The highest BCUT2D eigenvalue weighted by molar-refractivity contribution is 5.46. The van der Waals surface area contributed by atoms with Gasteiger partial charge in [0.25, 0.3) is 0 Å². The van der Waals surface area contributed by atoms with Crippen molar-refractivity contribution in [3.8, 4) is 0 Å². The van der Waals surface area contributed by atoms with Gasteiger partial charge < -0.3 is 5.32 Å².